The number of benzene rings is 3. The fourth-order valence-corrected chi connectivity index (χ4v) is 5.54. The number of nitro groups is 1. The number of nitro benzene ring substituents is 1. The normalized spacial score (nSPS) is 19.8. The van der Waals surface area contributed by atoms with Crippen molar-refractivity contribution in [1.82, 2.24) is 0 Å². The van der Waals surface area contributed by atoms with Crippen LogP contribution in [0.2, 0.25) is 0 Å². The highest BCUT2D eigenvalue weighted by molar-refractivity contribution is 6.22. The Morgan fingerprint density at radius 1 is 0.976 bits per heavy atom. The van der Waals surface area contributed by atoms with Gasteiger partial charge in [-0.15, -0.1) is 0 Å². The number of fused-ring (bicyclic) bond motifs is 1. The van der Waals surface area contributed by atoms with E-state index in [1.165, 1.54) is 43.5 Å². The second-order valence-corrected chi connectivity index (χ2v) is 9.96. The Hall–Kier alpha value is -5.06. The summed E-state index contributed by atoms with van der Waals surface area (Å²) in [6.45, 7) is -0.718. The van der Waals surface area contributed by atoms with Crippen molar-refractivity contribution in [1.29, 1.82) is 0 Å². The second kappa shape index (κ2) is 11.6. The van der Waals surface area contributed by atoms with Gasteiger partial charge in [-0.25, -0.2) is 4.79 Å². The largest absolute Gasteiger partial charge is 0.497 e. The van der Waals surface area contributed by atoms with E-state index in [1.54, 1.807) is 6.07 Å². The molecule has 3 aromatic rings. The molecule has 210 valence electrons. The van der Waals surface area contributed by atoms with Gasteiger partial charge in [0, 0.05) is 12.1 Å². The lowest BCUT2D eigenvalue weighted by molar-refractivity contribution is -0.383. The minimum Gasteiger partial charge on any atom is -0.497 e. The summed E-state index contributed by atoms with van der Waals surface area (Å²) in [6, 6.07) is 19.7. The van der Waals surface area contributed by atoms with Gasteiger partial charge in [0.1, 0.15) is 11.4 Å². The molecule has 1 saturated carbocycles. The van der Waals surface area contributed by atoms with E-state index < -0.39 is 35.2 Å². The van der Waals surface area contributed by atoms with E-state index in [4.69, 9.17) is 9.47 Å². The van der Waals surface area contributed by atoms with Crippen LogP contribution in [0.25, 0.3) is 0 Å². The minimum absolute atomic E-state index is 0.0419. The molecular weight excluding hydrogens is 530 g/mol. The molecule has 0 spiro atoms. The van der Waals surface area contributed by atoms with E-state index in [1.807, 2.05) is 30.3 Å². The lowest BCUT2D eigenvalue weighted by Crippen LogP contribution is -2.31. The molecule has 11 heteroatoms. The minimum atomic E-state index is -0.859. The molecule has 1 N–H and O–H groups in total. The maximum Gasteiger partial charge on any atom is 0.338 e. The summed E-state index contributed by atoms with van der Waals surface area (Å²) < 4.78 is 10.1. The number of carbonyl (C=O) groups is 4. The molecule has 0 aromatic heterocycles. The van der Waals surface area contributed by atoms with E-state index in [2.05, 4.69) is 5.32 Å². The zero-order valence-electron chi connectivity index (χ0n) is 22.1. The highest BCUT2D eigenvalue weighted by atomic mass is 16.6. The molecule has 0 radical (unpaired) electrons. The molecule has 2 aliphatic rings. The van der Waals surface area contributed by atoms with Crippen LogP contribution in [0.15, 0.2) is 72.8 Å². The molecule has 1 heterocycles. The van der Waals surface area contributed by atoms with Crippen molar-refractivity contribution in [2.75, 3.05) is 23.9 Å². The average Bonchev–Trinajstić information content (AvgIpc) is 3.24. The number of hydrogen-bond acceptors (Lipinski definition) is 8. The van der Waals surface area contributed by atoms with Crippen molar-refractivity contribution in [3.8, 4) is 5.75 Å². The van der Waals surface area contributed by atoms with Gasteiger partial charge in [-0.2, -0.15) is 0 Å². The summed E-state index contributed by atoms with van der Waals surface area (Å²) >= 11 is 0. The van der Waals surface area contributed by atoms with Crippen LogP contribution in [-0.2, 0) is 19.1 Å². The number of rotatable bonds is 8. The Labute approximate surface area is 235 Å². The van der Waals surface area contributed by atoms with E-state index in [0.29, 0.717) is 18.6 Å². The van der Waals surface area contributed by atoms with Crippen molar-refractivity contribution in [2.45, 2.75) is 25.2 Å². The zero-order chi connectivity index (χ0) is 29.1. The predicted octanol–water partition coefficient (Wildman–Crippen LogP) is 4.47. The number of hydrogen-bond donors (Lipinski definition) is 1. The van der Waals surface area contributed by atoms with Gasteiger partial charge in [0.15, 0.2) is 6.61 Å². The van der Waals surface area contributed by atoms with Crippen LogP contribution in [-0.4, -0.2) is 42.3 Å². The lowest BCUT2D eigenvalue weighted by atomic mass is 9.73. The van der Waals surface area contributed by atoms with Gasteiger partial charge < -0.3 is 14.8 Å². The van der Waals surface area contributed by atoms with Crippen LogP contribution in [0.1, 0.15) is 41.1 Å². The molecule has 1 aliphatic carbocycles. The number of amides is 3. The van der Waals surface area contributed by atoms with E-state index >= 15 is 0 Å². The third kappa shape index (κ3) is 5.65. The monoisotopic (exact) mass is 557 g/mol. The Bertz CT molecular complexity index is 1520. The smallest absolute Gasteiger partial charge is 0.338 e. The summed E-state index contributed by atoms with van der Waals surface area (Å²) in [5, 5.41) is 13.6. The van der Waals surface area contributed by atoms with Crippen LogP contribution < -0.4 is 15.0 Å². The van der Waals surface area contributed by atoms with Gasteiger partial charge >= 0.3 is 5.97 Å². The highest BCUT2D eigenvalue weighted by Gasteiger charge is 2.50. The predicted molar refractivity (Wildman–Crippen MR) is 148 cm³/mol. The SMILES string of the molecule is COc1ccc([N+](=O)[O-])c(NC(=O)COC(=O)c2cccc(N3C(=O)[C@@H]4CC[C@H](c5ccccc5)C[C@H]4C3=O)c2)c1. The van der Waals surface area contributed by atoms with Crippen molar-refractivity contribution in [3.05, 3.63) is 94.0 Å². The molecule has 5 rings (SSSR count). The fourth-order valence-electron chi connectivity index (χ4n) is 5.54. The third-order valence-electron chi connectivity index (χ3n) is 7.55. The van der Waals surface area contributed by atoms with Crippen molar-refractivity contribution in [3.63, 3.8) is 0 Å². The molecule has 2 fully saturated rings. The first-order valence-electron chi connectivity index (χ1n) is 13.1. The lowest BCUT2D eigenvalue weighted by Gasteiger charge is -2.28. The van der Waals surface area contributed by atoms with Crippen molar-refractivity contribution < 1.29 is 33.6 Å². The van der Waals surface area contributed by atoms with Gasteiger partial charge in [0.2, 0.25) is 11.8 Å². The Kier molecular flexibility index (Phi) is 7.77. The molecule has 1 aliphatic heterocycles. The quantitative estimate of drug-likeness (QED) is 0.185. The molecule has 3 aromatic carbocycles. The molecular formula is C30H27N3O8. The van der Waals surface area contributed by atoms with Gasteiger partial charge in [-0.3, -0.25) is 29.4 Å². The first-order chi connectivity index (χ1) is 19.8. The van der Waals surface area contributed by atoms with Gasteiger partial charge in [0.25, 0.3) is 11.6 Å². The third-order valence-corrected chi connectivity index (χ3v) is 7.55. The summed E-state index contributed by atoms with van der Waals surface area (Å²) in [5.74, 6) is -2.57. The standard InChI is InChI=1S/C30H27N3O8/c1-40-22-11-13-26(33(38)39)25(16-22)31-27(34)17-41-30(37)20-8-5-9-21(14-20)32-28(35)23-12-10-19(15-24(23)29(32)36)18-6-3-2-4-7-18/h2-9,11,13-14,16,19,23-24H,10,12,15,17H2,1H3,(H,31,34)/t19-,23+,24+/m0/s1. The Balaban J connectivity index is 1.24. The van der Waals surface area contributed by atoms with Crippen LogP contribution in [0.3, 0.4) is 0 Å². The molecule has 3 amide bonds. The maximum absolute atomic E-state index is 13.4. The zero-order valence-corrected chi connectivity index (χ0v) is 22.1. The second-order valence-electron chi connectivity index (χ2n) is 9.96. The summed E-state index contributed by atoms with van der Waals surface area (Å²) in [7, 11) is 1.38. The number of nitrogens with zero attached hydrogens (tertiary/aromatic N) is 2. The summed E-state index contributed by atoms with van der Waals surface area (Å²) in [4.78, 5) is 63.6. The van der Waals surface area contributed by atoms with Crippen LogP contribution in [0, 0.1) is 22.0 Å². The molecule has 41 heavy (non-hydrogen) atoms. The highest BCUT2D eigenvalue weighted by Crippen LogP contribution is 2.45. The van der Waals surface area contributed by atoms with Crippen LogP contribution in [0.4, 0.5) is 17.1 Å². The average molecular weight is 558 g/mol. The van der Waals surface area contributed by atoms with E-state index in [9.17, 15) is 29.3 Å². The molecule has 11 nitrogen and oxygen atoms in total. The van der Waals surface area contributed by atoms with Crippen LogP contribution >= 0.6 is 0 Å². The number of methoxy groups -OCH3 is 1. The number of carbonyl (C=O) groups excluding carboxylic acids is 4. The van der Waals surface area contributed by atoms with Crippen LogP contribution in [0.5, 0.6) is 5.75 Å². The first kappa shape index (κ1) is 27.5. The summed E-state index contributed by atoms with van der Waals surface area (Å²) in [5.41, 5.74) is 0.990. The maximum atomic E-state index is 13.4. The number of nitrogens with one attached hydrogen (secondary N) is 1. The topological polar surface area (TPSA) is 145 Å². The molecule has 0 bridgehead atoms. The molecule has 1 saturated heterocycles. The molecule has 3 atom stereocenters. The van der Waals surface area contributed by atoms with E-state index in [0.717, 1.165) is 16.9 Å². The molecule has 0 unspecified atom stereocenters. The Morgan fingerprint density at radius 2 is 1.73 bits per heavy atom. The van der Waals surface area contributed by atoms with Gasteiger partial charge in [-0.05, 0) is 55.0 Å². The van der Waals surface area contributed by atoms with E-state index in [-0.39, 0.29) is 40.4 Å². The number of imide groups is 1. The van der Waals surface area contributed by atoms with Gasteiger partial charge in [0.05, 0.1) is 35.1 Å². The Morgan fingerprint density at radius 3 is 2.46 bits per heavy atom. The number of ether oxygens (including phenoxy) is 2. The number of esters is 1. The van der Waals surface area contributed by atoms with Gasteiger partial charge in [-0.1, -0.05) is 36.4 Å². The van der Waals surface area contributed by atoms with Crippen molar-refractivity contribution in [2.24, 2.45) is 11.8 Å². The summed E-state index contributed by atoms with van der Waals surface area (Å²) in [6.07, 6.45) is 2.00. The fraction of sp³-hybridized carbons (Fsp3) is 0.267. The number of anilines is 2. The first-order valence-corrected chi connectivity index (χ1v) is 13.1. The van der Waals surface area contributed by atoms with Crippen molar-refractivity contribution >= 4 is 40.8 Å².